The van der Waals surface area contributed by atoms with Crippen molar-refractivity contribution in [1.82, 2.24) is 5.09 Å². The summed E-state index contributed by atoms with van der Waals surface area (Å²) in [6, 6.07) is 25.8. The molecule has 3 aromatic carbocycles. The van der Waals surface area contributed by atoms with Gasteiger partial charge in [-0.1, -0.05) is 60.1 Å². The molecule has 0 aliphatic rings. The molecule has 1 N–H and O–H groups in total. The molecular weight excluding hydrogens is 429 g/mol. The lowest BCUT2D eigenvalue weighted by molar-refractivity contribution is -0.150. The maximum Gasteiger partial charge on any atom is 0.310 e. The van der Waals surface area contributed by atoms with Gasteiger partial charge in [-0.3, -0.25) is 9.36 Å². The Bertz CT molecular complexity index is 1010. The van der Waals surface area contributed by atoms with Gasteiger partial charge in [-0.15, -0.1) is 0 Å². The number of halogens is 1. The zero-order valence-corrected chi connectivity index (χ0v) is 19.6. The first-order valence-electron chi connectivity index (χ1n) is 10.2. The highest BCUT2D eigenvalue weighted by Crippen LogP contribution is 2.46. The maximum absolute atomic E-state index is 14.7. The monoisotopic (exact) mass is 455 g/mol. The van der Waals surface area contributed by atoms with Crippen molar-refractivity contribution in [3.63, 3.8) is 0 Å². The van der Waals surface area contributed by atoms with E-state index in [9.17, 15) is 9.36 Å². The summed E-state index contributed by atoms with van der Waals surface area (Å²) >= 11 is 6.11. The van der Waals surface area contributed by atoms with Gasteiger partial charge in [0.1, 0.15) is 0 Å². The minimum atomic E-state index is -3.33. The molecule has 0 aliphatic heterocycles. The van der Waals surface area contributed by atoms with Crippen LogP contribution in [0.4, 0.5) is 0 Å². The van der Waals surface area contributed by atoms with Gasteiger partial charge < -0.3 is 4.74 Å². The second-order valence-electron chi connectivity index (χ2n) is 7.58. The molecule has 0 aliphatic carbocycles. The molecule has 0 amide bonds. The van der Waals surface area contributed by atoms with E-state index in [0.717, 1.165) is 5.56 Å². The molecule has 31 heavy (non-hydrogen) atoms. The van der Waals surface area contributed by atoms with E-state index < -0.39 is 18.7 Å². The SMILES string of the molecule is CCOC(=O)C(C)C(C)(NP(=O)(c1ccccc1)c1ccccc1)c1ccc(Cl)cc1. The summed E-state index contributed by atoms with van der Waals surface area (Å²) in [6.45, 7) is 5.72. The van der Waals surface area contributed by atoms with Crippen LogP contribution in [-0.4, -0.2) is 12.6 Å². The Morgan fingerprint density at radius 3 is 1.90 bits per heavy atom. The summed E-state index contributed by atoms with van der Waals surface area (Å²) in [6.07, 6.45) is 0. The van der Waals surface area contributed by atoms with Crippen LogP contribution in [-0.2, 0) is 19.6 Å². The van der Waals surface area contributed by atoms with Crippen LogP contribution in [0.1, 0.15) is 26.3 Å². The molecule has 6 heteroatoms. The number of carbonyl (C=O) groups is 1. The number of ether oxygens (including phenoxy) is 1. The van der Waals surface area contributed by atoms with Crippen LogP contribution in [0.3, 0.4) is 0 Å². The van der Waals surface area contributed by atoms with Crippen molar-refractivity contribution >= 4 is 35.5 Å². The van der Waals surface area contributed by atoms with E-state index in [1.165, 1.54) is 0 Å². The molecule has 162 valence electrons. The van der Waals surface area contributed by atoms with Crippen LogP contribution in [0.2, 0.25) is 5.02 Å². The van der Waals surface area contributed by atoms with E-state index in [4.69, 9.17) is 16.3 Å². The molecule has 0 saturated carbocycles. The van der Waals surface area contributed by atoms with E-state index >= 15 is 0 Å². The number of nitrogens with one attached hydrogen (secondary N) is 1. The van der Waals surface area contributed by atoms with Crippen molar-refractivity contribution < 1.29 is 14.1 Å². The van der Waals surface area contributed by atoms with Gasteiger partial charge in [0.15, 0.2) is 0 Å². The van der Waals surface area contributed by atoms with Gasteiger partial charge in [0.25, 0.3) is 0 Å². The molecule has 0 aromatic heterocycles. The zero-order valence-electron chi connectivity index (χ0n) is 17.9. The summed E-state index contributed by atoms with van der Waals surface area (Å²) in [5, 5.41) is 5.34. The molecular formula is C25H27ClNO3P. The molecule has 3 aromatic rings. The van der Waals surface area contributed by atoms with Gasteiger partial charge in [-0.05, 0) is 62.7 Å². The highest BCUT2D eigenvalue weighted by atomic mass is 35.5. The molecule has 0 radical (unpaired) electrons. The number of hydrogen-bond donors (Lipinski definition) is 1. The third-order valence-electron chi connectivity index (χ3n) is 5.58. The fraction of sp³-hybridized carbons (Fsp3) is 0.240. The largest absolute Gasteiger partial charge is 0.466 e. The van der Waals surface area contributed by atoms with Crippen molar-refractivity contribution in [2.45, 2.75) is 26.3 Å². The summed E-state index contributed by atoms with van der Waals surface area (Å²) < 4.78 is 20.0. The normalized spacial score (nSPS) is 14.5. The van der Waals surface area contributed by atoms with Crippen LogP contribution in [0.25, 0.3) is 0 Å². The molecule has 0 saturated heterocycles. The average Bonchev–Trinajstić information content (AvgIpc) is 2.80. The zero-order chi connectivity index (χ0) is 22.5. The highest BCUT2D eigenvalue weighted by Gasteiger charge is 2.44. The second-order valence-corrected chi connectivity index (χ2v) is 10.5. The third kappa shape index (κ3) is 4.93. The van der Waals surface area contributed by atoms with Crippen molar-refractivity contribution in [2.75, 3.05) is 6.61 Å². The molecule has 0 spiro atoms. The van der Waals surface area contributed by atoms with Gasteiger partial charge in [0.05, 0.1) is 18.1 Å². The fourth-order valence-corrected chi connectivity index (χ4v) is 6.43. The van der Waals surface area contributed by atoms with Crippen LogP contribution in [0.15, 0.2) is 84.9 Å². The van der Waals surface area contributed by atoms with E-state index in [1.807, 2.05) is 79.7 Å². The van der Waals surface area contributed by atoms with Crippen molar-refractivity contribution in [1.29, 1.82) is 0 Å². The Morgan fingerprint density at radius 1 is 0.968 bits per heavy atom. The van der Waals surface area contributed by atoms with Gasteiger partial charge in [-0.25, -0.2) is 5.09 Å². The Kier molecular flexibility index (Phi) is 7.38. The predicted molar refractivity (Wildman–Crippen MR) is 127 cm³/mol. The average molecular weight is 456 g/mol. The summed E-state index contributed by atoms with van der Waals surface area (Å²) in [5.74, 6) is -0.977. The quantitative estimate of drug-likeness (QED) is 0.371. The first kappa shape index (κ1) is 23.3. The Labute approximate surface area is 189 Å². The van der Waals surface area contributed by atoms with Crippen molar-refractivity contribution in [3.05, 3.63) is 95.5 Å². The molecule has 0 heterocycles. The van der Waals surface area contributed by atoms with E-state index in [1.54, 1.807) is 26.0 Å². The van der Waals surface area contributed by atoms with E-state index in [-0.39, 0.29) is 12.6 Å². The standard InChI is InChI=1S/C25H27ClNO3P/c1-4-30-24(28)19(2)25(3,20-15-17-21(26)18-16-20)27-31(29,22-11-7-5-8-12-22)23-13-9-6-10-14-23/h5-19H,4H2,1-3H3,(H,27,29). The fourth-order valence-electron chi connectivity index (χ4n) is 3.59. The van der Waals surface area contributed by atoms with Crippen LogP contribution < -0.4 is 15.7 Å². The number of benzene rings is 3. The molecule has 0 fully saturated rings. The molecule has 2 unspecified atom stereocenters. The Hall–Kier alpha value is -2.39. The lowest BCUT2D eigenvalue weighted by atomic mass is 9.81. The lowest BCUT2D eigenvalue weighted by Gasteiger charge is -2.39. The van der Waals surface area contributed by atoms with Crippen molar-refractivity contribution in [2.24, 2.45) is 5.92 Å². The maximum atomic E-state index is 14.7. The number of carbonyl (C=O) groups excluding carboxylic acids is 1. The summed E-state index contributed by atoms with van der Waals surface area (Å²) in [4.78, 5) is 12.8. The Balaban J connectivity index is 2.18. The smallest absolute Gasteiger partial charge is 0.310 e. The molecule has 3 rings (SSSR count). The van der Waals surface area contributed by atoms with Crippen LogP contribution >= 0.6 is 18.9 Å². The first-order valence-corrected chi connectivity index (χ1v) is 12.3. The van der Waals surface area contributed by atoms with Gasteiger partial charge in [0.2, 0.25) is 7.29 Å². The van der Waals surface area contributed by atoms with Gasteiger partial charge >= 0.3 is 5.97 Å². The minimum Gasteiger partial charge on any atom is -0.466 e. The number of esters is 1. The van der Waals surface area contributed by atoms with Gasteiger partial charge in [-0.2, -0.15) is 0 Å². The first-order chi connectivity index (χ1) is 14.8. The van der Waals surface area contributed by atoms with Crippen molar-refractivity contribution in [3.8, 4) is 0 Å². The second kappa shape index (κ2) is 9.82. The topological polar surface area (TPSA) is 55.4 Å². The minimum absolute atomic E-state index is 0.273. The third-order valence-corrected chi connectivity index (χ3v) is 8.66. The summed E-state index contributed by atoms with van der Waals surface area (Å²) in [7, 11) is -3.33. The molecule has 0 bridgehead atoms. The van der Waals surface area contributed by atoms with E-state index in [2.05, 4.69) is 5.09 Å². The predicted octanol–water partition coefficient (Wildman–Crippen LogP) is 5.27. The summed E-state index contributed by atoms with van der Waals surface area (Å²) in [5.41, 5.74) is -0.192. The molecule has 4 nitrogen and oxygen atoms in total. The van der Waals surface area contributed by atoms with Crippen LogP contribution in [0.5, 0.6) is 0 Å². The number of rotatable bonds is 8. The van der Waals surface area contributed by atoms with Gasteiger partial charge in [0, 0.05) is 15.6 Å². The Morgan fingerprint density at radius 2 is 1.45 bits per heavy atom. The molecule has 2 atom stereocenters. The highest BCUT2D eigenvalue weighted by molar-refractivity contribution is 7.77. The van der Waals surface area contributed by atoms with Crippen LogP contribution in [0, 0.1) is 5.92 Å². The van der Waals surface area contributed by atoms with E-state index in [0.29, 0.717) is 15.6 Å². The lowest BCUT2D eigenvalue weighted by Crippen LogP contribution is -2.49. The number of hydrogen-bond acceptors (Lipinski definition) is 3.